The van der Waals surface area contributed by atoms with Crippen molar-refractivity contribution in [1.29, 1.82) is 0 Å². The van der Waals surface area contributed by atoms with Gasteiger partial charge < -0.3 is 10.6 Å². The number of nitrogens with zero attached hydrogens (tertiary/aromatic N) is 1. The monoisotopic (exact) mass is 287 g/mol. The Bertz CT molecular complexity index is 641. The molecule has 20 heavy (non-hydrogen) atoms. The zero-order valence-electron chi connectivity index (χ0n) is 10.8. The third-order valence-electron chi connectivity index (χ3n) is 2.73. The highest BCUT2D eigenvalue weighted by molar-refractivity contribution is 7.80. The van der Waals surface area contributed by atoms with Gasteiger partial charge >= 0.3 is 0 Å². The van der Waals surface area contributed by atoms with E-state index in [1.807, 2.05) is 31.2 Å². The summed E-state index contributed by atoms with van der Waals surface area (Å²) < 4.78 is 0. The van der Waals surface area contributed by atoms with E-state index in [2.05, 4.69) is 10.6 Å². The Labute approximate surface area is 121 Å². The maximum absolute atomic E-state index is 10.6. The van der Waals surface area contributed by atoms with Crippen LogP contribution in [0.1, 0.15) is 5.56 Å². The Balaban J connectivity index is 2.01. The number of para-hydroxylation sites is 1. The van der Waals surface area contributed by atoms with Gasteiger partial charge in [-0.25, -0.2) is 0 Å². The van der Waals surface area contributed by atoms with E-state index in [9.17, 15) is 10.1 Å². The van der Waals surface area contributed by atoms with Gasteiger partial charge in [0.25, 0.3) is 5.69 Å². The average Bonchev–Trinajstić information content (AvgIpc) is 2.42. The first-order valence-corrected chi connectivity index (χ1v) is 6.35. The average molecular weight is 287 g/mol. The molecular formula is C14H13N3O2S. The van der Waals surface area contributed by atoms with Crippen molar-refractivity contribution >= 4 is 34.4 Å². The Hall–Kier alpha value is -2.47. The van der Waals surface area contributed by atoms with Crippen molar-refractivity contribution in [2.75, 3.05) is 10.6 Å². The summed E-state index contributed by atoms with van der Waals surface area (Å²) in [7, 11) is 0. The van der Waals surface area contributed by atoms with Crippen molar-refractivity contribution in [2.24, 2.45) is 0 Å². The predicted octanol–water partition coefficient (Wildman–Crippen LogP) is 3.71. The molecule has 0 aliphatic heterocycles. The lowest BCUT2D eigenvalue weighted by molar-refractivity contribution is -0.384. The maximum atomic E-state index is 10.6. The molecule has 2 aromatic carbocycles. The molecule has 2 rings (SSSR count). The van der Waals surface area contributed by atoms with E-state index in [0.717, 1.165) is 11.3 Å². The molecular weight excluding hydrogens is 274 g/mol. The van der Waals surface area contributed by atoms with Gasteiger partial charge in [0, 0.05) is 23.5 Å². The van der Waals surface area contributed by atoms with E-state index < -0.39 is 4.92 Å². The molecule has 0 saturated carbocycles. The lowest BCUT2D eigenvalue weighted by Crippen LogP contribution is -2.19. The van der Waals surface area contributed by atoms with Crippen LogP contribution in [0.3, 0.4) is 0 Å². The molecule has 0 aromatic heterocycles. The predicted molar refractivity (Wildman–Crippen MR) is 84.1 cm³/mol. The Morgan fingerprint density at radius 2 is 1.75 bits per heavy atom. The maximum Gasteiger partial charge on any atom is 0.269 e. The molecule has 0 aliphatic carbocycles. The van der Waals surface area contributed by atoms with E-state index in [-0.39, 0.29) is 5.69 Å². The highest BCUT2D eigenvalue weighted by atomic mass is 32.1. The summed E-state index contributed by atoms with van der Waals surface area (Å²) in [6.07, 6.45) is 0. The number of thiocarbonyl (C=S) groups is 1. The second-order valence-corrected chi connectivity index (χ2v) is 4.61. The van der Waals surface area contributed by atoms with Crippen molar-refractivity contribution in [3.63, 3.8) is 0 Å². The van der Waals surface area contributed by atoms with E-state index >= 15 is 0 Å². The lowest BCUT2D eigenvalue weighted by Gasteiger charge is -2.12. The standard InChI is InChI=1S/C14H13N3O2S/c1-10-4-2-3-5-13(10)16-14(20)15-11-6-8-12(9-7-11)17(18)19/h2-9H,1H3,(H2,15,16,20). The van der Waals surface area contributed by atoms with Gasteiger partial charge in [0.1, 0.15) is 0 Å². The van der Waals surface area contributed by atoms with Crippen LogP contribution in [0.15, 0.2) is 48.5 Å². The summed E-state index contributed by atoms with van der Waals surface area (Å²) in [6.45, 7) is 1.98. The van der Waals surface area contributed by atoms with Crippen LogP contribution in [-0.2, 0) is 0 Å². The summed E-state index contributed by atoms with van der Waals surface area (Å²) in [5.41, 5.74) is 2.75. The number of nitro benzene ring substituents is 1. The molecule has 2 N–H and O–H groups in total. The quantitative estimate of drug-likeness (QED) is 0.511. The van der Waals surface area contributed by atoms with Gasteiger partial charge in [-0.15, -0.1) is 0 Å². The minimum Gasteiger partial charge on any atom is -0.332 e. The van der Waals surface area contributed by atoms with Crippen molar-refractivity contribution in [1.82, 2.24) is 0 Å². The first-order valence-electron chi connectivity index (χ1n) is 5.94. The van der Waals surface area contributed by atoms with E-state index in [0.29, 0.717) is 10.8 Å². The van der Waals surface area contributed by atoms with Crippen LogP contribution in [-0.4, -0.2) is 10.0 Å². The Kier molecular flexibility index (Phi) is 4.27. The van der Waals surface area contributed by atoms with Crippen LogP contribution >= 0.6 is 12.2 Å². The molecule has 0 amide bonds. The number of benzene rings is 2. The molecule has 102 valence electrons. The zero-order chi connectivity index (χ0) is 14.5. The summed E-state index contributed by atoms with van der Waals surface area (Å²) >= 11 is 5.21. The number of non-ortho nitro benzene ring substituents is 1. The van der Waals surface area contributed by atoms with Gasteiger partial charge in [-0.3, -0.25) is 10.1 Å². The second kappa shape index (κ2) is 6.12. The summed E-state index contributed by atoms with van der Waals surface area (Å²) in [4.78, 5) is 10.1. The number of aryl methyl sites for hydroxylation is 1. The van der Waals surface area contributed by atoms with Crippen molar-refractivity contribution in [2.45, 2.75) is 6.92 Å². The number of hydrogen-bond donors (Lipinski definition) is 2. The molecule has 0 saturated heterocycles. The molecule has 0 bridgehead atoms. The Morgan fingerprint density at radius 1 is 1.10 bits per heavy atom. The molecule has 0 atom stereocenters. The van der Waals surface area contributed by atoms with Crippen LogP contribution in [0.25, 0.3) is 0 Å². The van der Waals surface area contributed by atoms with E-state index in [1.165, 1.54) is 12.1 Å². The molecule has 0 heterocycles. The van der Waals surface area contributed by atoms with Gasteiger partial charge in [0.2, 0.25) is 0 Å². The van der Waals surface area contributed by atoms with Crippen molar-refractivity contribution in [3.8, 4) is 0 Å². The molecule has 6 heteroatoms. The van der Waals surface area contributed by atoms with Crippen LogP contribution in [0.2, 0.25) is 0 Å². The first kappa shape index (κ1) is 14.0. The van der Waals surface area contributed by atoms with Crippen molar-refractivity contribution < 1.29 is 4.92 Å². The molecule has 0 spiro atoms. The van der Waals surface area contributed by atoms with Crippen LogP contribution in [0, 0.1) is 17.0 Å². The van der Waals surface area contributed by atoms with Crippen LogP contribution in [0.4, 0.5) is 17.1 Å². The number of rotatable bonds is 3. The SMILES string of the molecule is Cc1ccccc1NC(=S)Nc1ccc([N+](=O)[O-])cc1. The number of hydrogen-bond acceptors (Lipinski definition) is 3. The van der Waals surface area contributed by atoms with E-state index in [4.69, 9.17) is 12.2 Å². The van der Waals surface area contributed by atoms with Gasteiger partial charge in [0.15, 0.2) is 5.11 Å². The van der Waals surface area contributed by atoms with Crippen molar-refractivity contribution in [3.05, 3.63) is 64.2 Å². The van der Waals surface area contributed by atoms with Gasteiger partial charge in [-0.05, 0) is 42.9 Å². The first-order chi connectivity index (χ1) is 9.56. The summed E-state index contributed by atoms with van der Waals surface area (Å²) in [5.74, 6) is 0. The number of nitrogens with one attached hydrogen (secondary N) is 2. The van der Waals surface area contributed by atoms with E-state index in [1.54, 1.807) is 12.1 Å². The normalized spacial score (nSPS) is 9.85. The number of nitro groups is 1. The molecule has 5 nitrogen and oxygen atoms in total. The fourth-order valence-electron chi connectivity index (χ4n) is 1.66. The minimum atomic E-state index is -0.437. The van der Waals surface area contributed by atoms with Crippen LogP contribution in [0.5, 0.6) is 0 Å². The topological polar surface area (TPSA) is 67.2 Å². The third kappa shape index (κ3) is 3.52. The summed E-state index contributed by atoms with van der Waals surface area (Å²) in [5, 5.41) is 17.1. The molecule has 2 aromatic rings. The second-order valence-electron chi connectivity index (χ2n) is 4.20. The summed E-state index contributed by atoms with van der Waals surface area (Å²) in [6, 6.07) is 13.9. The Morgan fingerprint density at radius 3 is 2.35 bits per heavy atom. The molecule has 0 radical (unpaired) electrons. The third-order valence-corrected chi connectivity index (χ3v) is 2.93. The lowest BCUT2D eigenvalue weighted by atomic mass is 10.2. The van der Waals surface area contributed by atoms with Gasteiger partial charge in [0.05, 0.1) is 4.92 Å². The van der Waals surface area contributed by atoms with Crippen LogP contribution < -0.4 is 10.6 Å². The minimum absolute atomic E-state index is 0.0494. The highest BCUT2D eigenvalue weighted by Gasteiger charge is 2.05. The molecule has 0 fully saturated rings. The smallest absolute Gasteiger partial charge is 0.269 e. The number of anilines is 2. The largest absolute Gasteiger partial charge is 0.332 e. The fraction of sp³-hybridized carbons (Fsp3) is 0.0714. The fourth-order valence-corrected chi connectivity index (χ4v) is 1.89. The highest BCUT2D eigenvalue weighted by Crippen LogP contribution is 2.17. The molecule has 0 unspecified atom stereocenters. The molecule has 0 aliphatic rings. The van der Waals surface area contributed by atoms with Gasteiger partial charge in [-0.1, -0.05) is 18.2 Å². The van der Waals surface area contributed by atoms with Gasteiger partial charge in [-0.2, -0.15) is 0 Å². The zero-order valence-corrected chi connectivity index (χ0v) is 11.6.